The Kier molecular flexibility index (Phi) is 8.21. The number of hydrogen-bond acceptors (Lipinski definition) is 5. The summed E-state index contributed by atoms with van der Waals surface area (Å²) in [6.07, 6.45) is 1.19. The van der Waals surface area contributed by atoms with Gasteiger partial charge in [0.1, 0.15) is 5.75 Å². The quantitative estimate of drug-likeness (QED) is 0.220. The van der Waals surface area contributed by atoms with Crippen LogP contribution in [0.1, 0.15) is 36.9 Å². The maximum Gasteiger partial charge on any atom is 0.220 e. The second kappa shape index (κ2) is 11.7. The molecule has 0 aliphatic heterocycles. The van der Waals surface area contributed by atoms with Crippen molar-refractivity contribution in [3.8, 4) is 22.8 Å². The predicted octanol–water partition coefficient (Wildman–Crippen LogP) is 6.00. The van der Waals surface area contributed by atoms with E-state index in [1.807, 2.05) is 66.1 Å². The number of ether oxygens (including phenoxy) is 1. The van der Waals surface area contributed by atoms with E-state index in [4.69, 9.17) is 4.74 Å². The molecule has 0 fully saturated rings. The number of methoxy groups -OCH3 is 1. The summed E-state index contributed by atoms with van der Waals surface area (Å²) in [4.78, 5) is 12.5. The Morgan fingerprint density at radius 3 is 2.46 bits per heavy atom. The highest BCUT2D eigenvalue weighted by atomic mass is 32.2. The van der Waals surface area contributed by atoms with Gasteiger partial charge in [-0.25, -0.2) is 0 Å². The van der Waals surface area contributed by atoms with Gasteiger partial charge in [0, 0.05) is 17.7 Å². The minimum absolute atomic E-state index is 0.0120. The molecule has 1 atom stereocenters. The van der Waals surface area contributed by atoms with E-state index >= 15 is 0 Å². The van der Waals surface area contributed by atoms with Crippen LogP contribution in [0.2, 0.25) is 0 Å². The van der Waals surface area contributed by atoms with Crippen molar-refractivity contribution in [1.29, 1.82) is 0 Å². The second-order valence-electron chi connectivity index (χ2n) is 8.33. The zero-order valence-electron chi connectivity index (χ0n) is 20.3. The predicted molar refractivity (Wildman–Crippen MR) is 141 cm³/mol. The molecule has 35 heavy (non-hydrogen) atoms. The van der Waals surface area contributed by atoms with E-state index in [1.165, 1.54) is 5.56 Å². The monoisotopic (exact) mass is 486 g/mol. The topological polar surface area (TPSA) is 69.0 Å². The summed E-state index contributed by atoms with van der Waals surface area (Å²) in [7, 11) is 1.66. The summed E-state index contributed by atoms with van der Waals surface area (Å²) >= 11 is 1.59. The Morgan fingerprint density at radius 1 is 1.00 bits per heavy atom. The van der Waals surface area contributed by atoms with E-state index in [-0.39, 0.29) is 11.9 Å². The number of hydrogen-bond donors (Lipinski definition) is 1. The van der Waals surface area contributed by atoms with Gasteiger partial charge in [-0.05, 0) is 38.0 Å². The molecule has 1 amide bonds. The smallest absolute Gasteiger partial charge is 0.220 e. The number of carbonyl (C=O) groups excluding carboxylic acids is 1. The zero-order chi connectivity index (χ0) is 24.6. The fraction of sp³-hybridized carbons (Fsp3) is 0.250. The maximum atomic E-state index is 12.5. The summed E-state index contributed by atoms with van der Waals surface area (Å²) in [6.45, 7) is 4.07. The highest BCUT2D eigenvalue weighted by Crippen LogP contribution is 2.32. The normalized spacial score (nSPS) is 11.7. The Hall–Kier alpha value is -3.58. The first kappa shape index (κ1) is 24.5. The van der Waals surface area contributed by atoms with Crippen LogP contribution in [0.25, 0.3) is 17.1 Å². The third kappa shape index (κ3) is 6.11. The zero-order valence-corrected chi connectivity index (χ0v) is 21.1. The van der Waals surface area contributed by atoms with Crippen molar-refractivity contribution in [2.45, 2.75) is 37.9 Å². The molecule has 4 rings (SSSR count). The molecular weight excluding hydrogens is 456 g/mol. The average Bonchev–Trinajstić information content (AvgIpc) is 3.31. The summed E-state index contributed by atoms with van der Waals surface area (Å²) in [5, 5.41) is 12.8. The Bertz CT molecular complexity index is 1260. The molecule has 1 unspecified atom stereocenters. The van der Waals surface area contributed by atoms with E-state index in [2.05, 4.69) is 46.7 Å². The number of carbonyl (C=O) groups is 1. The van der Waals surface area contributed by atoms with Gasteiger partial charge in [0.05, 0.1) is 18.8 Å². The van der Waals surface area contributed by atoms with E-state index in [0.717, 1.165) is 45.7 Å². The minimum atomic E-state index is -0.0120. The van der Waals surface area contributed by atoms with Gasteiger partial charge in [0.15, 0.2) is 11.0 Å². The maximum absolute atomic E-state index is 12.5. The molecule has 7 heteroatoms. The molecule has 180 valence electrons. The number of benzene rings is 3. The van der Waals surface area contributed by atoms with Crippen LogP contribution in [0.5, 0.6) is 5.75 Å². The number of nitrogens with zero attached hydrogens (tertiary/aromatic N) is 3. The van der Waals surface area contributed by atoms with Crippen molar-refractivity contribution in [1.82, 2.24) is 20.1 Å². The van der Waals surface area contributed by atoms with Gasteiger partial charge < -0.3 is 10.1 Å². The molecule has 1 heterocycles. The molecule has 0 bridgehead atoms. The van der Waals surface area contributed by atoms with Gasteiger partial charge in [0.2, 0.25) is 5.91 Å². The highest BCUT2D eigenvalue weighted by molar-refractivity contribution is 7.99. The molecule has 0 spiro atoms. The van der Waals surface area contributed by atoms with Crippen molar-refractivity contribution in [3.63, 3.8) is 0 Å². The Balaban J connectivity index is 1.46. The fourth-order valence-electron chi connectivity index (χ4n) is 3.82. The molecule has 0 aliphatic rings. The van der Waals surface area contributed by atoms with Crippen molar-refractivity contribution in [2.75, 3.05) is 12.9 Å². The van der Waals surface area contributed by atoms with E-state index in [0.29, 0.717) is 6.42 Å². The SMILES string of the molecule is COc1ccccc1-n1c(SCCCC(=O)NC(C)c2ccccc2)nnc1-c1ccc(C)cc1. The van der Waals surface area contributed by atoms with Crippen LogP contribution in [-0.4, -0.2) is 33.5 Å². The minimum Gasteiger partial charge on any atom is -0.495 e. The summed E-state index contributed by atoms with van der Waals surface area (Å²) < 4.78 is 7.66. The van der Waals surface area contributed by atoms with Gasteiger partial charge in [-0.1, -0.05) is 84.1 Å². The molecule has 0 aliphatic carbocycles. The van der Waals surface area contributed by atoms with E-state index in [1.54, 1.807) is 18.9 Å². The van der Waals surface area contributed by atoms with Crippen molar-refractivity contribution >= 4 is 17.7 Å². The molecule has 0 saturated heterocycles. The largest absolute Gasteiger partial charge is 0.495 e. The lowest BCUT2D eigenvalue weighted by Gasteiger charge is -2.15. The van der Waals surface area contributed by atoms with Crippen molar-refractivity contribution < 1.29 is 9.53 Å². The third-order valence-corrected chi connectivity index (χ3v) is 6.74. The number of para-hydroxylation sites is 2. The van der Waals surface area contributed by atoms with Crippen LogP contribution >= 0.6 is 11.8 Å². The van der Waals surface area contributed by atoms with Gasteiger partial charge in [-0.3, -0.25) is 9.36 Å². The lowest BCUT2D eigenvalue weighted by Crippen LogP contribution is -2.26. The molecule has 0 saturated carbocycles. The number of aromatic nitrogens is 3. The number of amides is 1. The first-order chi connectivity index (χ1) is 17.1. The van der Waals surface area contributed by atoms with E-state index < -0.39 is 0 Å². The Labute approximate surface area is 210 Å². The molecule has 4 aromatic rings. The molecule has 0 radical (unpaired) electrons. The highest BCUT2D eigenvalue weighted by Gasteiger charge is 2.19. The average molecular weight is 487 g/mol. The summed E-state index contributed by atoms with van der Waals surface area (Å²) in [5.74, 6) is 2.30. The molecule has 6 nitrogen and oxygen atoms in total. The third-order valence-electron chi connectivity index (χ3n) is 5.73. The van der Waals surface area contributed by atoms with Gasteiger partial charge in [-0.2, -0.15) is 0 Å². The molecular formula is C28H30N4O2S. The van der Waals surface area contributed by atoms with Gasteiger partial charge in [-0.15, -0.1) is 10.2 Å². The van der Waals surface area contributed by atoms with Crippen LogP contribution in [0.4, 0.5) is 0 Å². The lowest BCUT2D eigenvalue weighted by molar-refractivity contribution is -0.121. The van der Waals surface area contributed by atoms with E-state index in [9.17, 15) is 4.79 Å². The van der Waals surface area contributed by atoms with Crippen molar-refractivity contribution in [2.24, 2.45) is 0 Å². The fourth-order valence-corrected chi connectivity index (χ4v) is 4.70. The van der Waals surface area contributed by atoms with Crippen LogP contribution in [0, 0.1) is 6.92 Å². The number of rotatable bonds is 10. The van der Waals surface area contributed by atoms with Crippen LogP contribution in [0.3, 0.4) is 0 Å². The first-order valence-electron chi connectivity index (χ1n) is 11.7. The standard InChI is InChI=1S/C28H30N4O2S/c1-20-15-17-23(18-16-20)27-30-31-28(32(27)24-12-7-8-13-25(24)34-3)35-19-9-14-26(33)29-21(2)22-10-5-4-6-11-22/h4-8,10-13,15-18,21H,9,14,19H2,1-3H3,(H,29,33). The summed E-state index contributed by atoms with van der Waals surface area (Å²) in [5.41, 5.74) is 4.15. The molecule has 3 aromatic carbocycles. The first-order valence-corrected chi connectivity index (χ1v) is 12.7. The van der Waals surface area contributed by atoms with Crippen LogP contribution in [0.15, 0.2) is 84.0 Å². The van der Waals surface area contributed by atoms with Crippen LogP contribution in [-0.2, 0) is 4.79 Å². The Morgan fingerprint density at radius 2 is 1.71 bits per heavy atom. The summed E-state index contributed by atoms with van der Waals surface area (Å²) in [6, 6.07) is 26.1. The van der Waals surface area contributed by atoms with Gasteiger partial charge in [0.25, 0.3) is 0 Å². The van der Waals surface area contributed by atoms with Crippen LogP contribution < -0.4 is 10.1 Å². The van der Waals surface area contributed by atoms with Crippen molar-refractivity contribution in [3.05, 3.63) is 90.0 Å². The lowest BCUT2D eigenvalue weighted by atomic mass is 10.1. The molecule has 1 N–H and O–H groups in total. The molecule has 1 aromatic heterocycles. The number of aryl methyl sites for hydroxylation is 1. The van der Waals surface area contributed by atoms with Gasteiger partial charge >= 0.3 is 0 Å². The number of nitrogens with one attached hydrogen (secondary N) is 1. The number of thioether (sulfide) groups is 1. The second-order valence-corrected chi connectivity index (χ2v) is 9.39.